The molecule has 3 atom stereocenters. The second kappa shape index (κ2) is 5.24. The largest absolute Gasteiger partial charge is 0.246 e. The normalized spacial score (nSPS) is 32.4. The van der Waals surface area contributed by atoms with Crippen LogP contribution in [0.3, 0.4) is 0 Å². The Morgan fingerprint density at radius 3 is 2.67 bits per heavy atom. The maximum Gasteiger partial charge on any atom is 0.0569 e. The third kappa shape index (κ3) is 2.31. The molecule has 1 N–H and O–H groups in total. The number of fused-ring (bicyclic) bond motifs is 1. The lowest BCUT2D eigenvalue weighted by Gasteiger charge is -2.40. The Hall–Kier alpha value is -0.510. The smallest absolute Gasteiger partial charge is 0.0569 e. The van der Waals surface area contributed by atoms with E-state index in [0.717, 1.165) is 5.75 Å². The number of nitrogens with one attached hydrogen (secondary N) is 1. The lowest BCUT2D eigenvalue weighted by Crippen LogP contribution is -2.53. The van der Waals surface area contributed by atoms with E-state index in [4.69, 9.17) is 0 Å². The van der Waals surface area contributed by atoms with Crippen molar-refractivity contribution in [3.05, 3.63) is 29.8 Å². The molecule has 0 spiro atoms. The summed E-state index contributed by atoms with van der Waals surface area (Å²) in [5, 5.41) is 2.50. The van der Waals surface area contributed by atoms with E-state index in [2.05, 4.69) is 48.5 Å². The van der Waals surface area contributed by atoms with E-state index in [1.807, 2.05) is 11.8 Å². The van der Waals surface area contributed by atoms with Crippen LogP contribution >= 0.6 is 11.8 Å². The van der Waals surface area contributed by atoms with Crippen molar-refractivity contribution >= 4 is 11.8 Å². The summed E-state index contributed by atoms with van der Waals surface area (Å²) in [6, 6.07) is 10.6. The fraction of sp³-hybridized carbons (Fsp3) is 0.600. The van der Waals surface area contributed by atoms with Crippen LogP contribution in [0.1, 0.15) is 44.7 Å². The number of hydrogen-bond acceptors (Lipinski definition) is 3. The second-order valence-corrected chi connectivity index (χ2v) is 6.63. The predicted octanol–water partition coefficient (Wildman–Crippen LogP) is 3.60. The fourth-order valence-corrected chi connectivity index (χ4v) is 4.28. The average Bonchev–Trinajstić information content (AvgIpc) is 2.77. The fourth-order valence-electron chi connectivity index (χ4n) is 3.13. The molecule has 3 heteroatoms. The molecule has 2 aliphatic heterocycles. The Balaban J connectivity index is 1.74. The maximum absolute atomic E-state index is 3.79. The molecule has 0 bridgehead atoms. The van der Waals surface area contributed by atoms with Gasteiger partial charge in [-0.25, -0.2) is 10.4 Å². The molecule has 1 aromatic rings. The number of thioether (sulfide) groups is 1. The van der Waals surface area contributed by atoms with E-state index < -0.39 is 0 Å². The van der Waals surface area contributed by atoms with Gasteiger partial charge in [-0.05, 0) is 38.3 Å². The van der Waals surface area contributed by atoms with Crippen LogP contribution in [0.2, 0.25) is 0 Å². The van der Waals surface area contributed by atoms with Crippen molar-refractivity contribution in [1.82, 2.24) is 10.4 Å². The van der Waals surface area contributed by atoms with Gasteiger partial charge in [0.25, 0.3) is 0 Å². The first-order valence-electron chi connectivity index (χ1n) is 7.02. The number of hydrogen-bond donors (Lipinski definition) is 1. The monoisotopic (exact) mass is 262 g/mol. The lowest BCUT2D eigenvalue weighted by molar-refractivity contribution is 0.0329. The summed E-state index contributed by atoms with van der Waals surface area (Å²) in [6.07, 6.45) is 4.01. The Morgan fingerprint density at radius 2 is 1.89 bits per heavy atom. The van der Waals surface area contributed by atoms with Crippen LogP contribution < -0.4 is 5.43 Å². The van der Waals surface area contributed by atoms with Gasteiger partial charge in [-0.15, -0.1) is 11.8 Å². The first-order valence-corrected chi connectivity index (χ1v) is 8.00. The molecule has 0 saturated carbocycles. The highest BCUT2D eigenvalue weighted by Gasteiger charge is 2.30. The minimum atomic E-state index is 0.495. The topological polar surface area (TPSA) is 15.3 Å². The first kappa shape index (κ1) is 12.5. The highest BCUT2D eigenvalue weighted by molar-refractivity contribution is 7.99. The predicted molar refractivity (Wildman–Crippen MR) is 77.7 cm³/mol. The Kier molecular flexibility index (Phi) is 3.64. The molecule has 18 heavy (non-hydrogen) atoms. The summed E-state index contributed by atoms with van der Waals surface area (Å²) < 4.78 is 0. The zero-order valence-electron chi connectivity index (χ0n) is 11.2. The summed E-state index contributed by atoms with van der Waals surface area (Å²) >= 11 is 1.98. The highest BCUT2D eigenvalue weighted by Crippen LogP contribution is 2.38. The molecular formula is C15H22N2S. The van der Waals surface area contributed by atoms with Crippen molar-refractivity contribution in [3.63, 3.8) is 0 Å². The molecule has 3 rings (SSSR count). The molecule has 0 aromatic heterocycles. The van der Waals surface area contributed by atoms with Gasteiger partial charge in [-0.2, -0.15) is 0 Å². The van der Waals surface area contributed by atoms with Crippen molar-refractivity contribution in [2.24, 2.45) is 0 Å². The lowest BCUT2D eigenvalue weighted by atomic mass is 9.99. The highest BCUT2D eigenvalue weighted by atomic mass is 32.2. The van der Waals surface area contributed by atoms with Crippen LogP contribution in [0.5, 0.6) is 0 Å². The van der Waals surface area contributed by atoms with E-state index in [0.29, 0.717) is 18.1 Å². The summed E-state index contributed by atoms with van der Waals surface area (Å²) in [5.41, 5.74) is 5.27. The Bertz CT molecular complexity index is 411. The number of benzene rings is 1. The van der Waals surface area contributed by atoms with Crippen LogP contribution in [0, 0.1) is 0 Å². The minimum Gasteiger partial charge on any atom is -0.246 e. The molecule has 2 nitrogen and oxygen atoms in total. The van der Waals surface area contributed by atoms with Gasteiger partial charge in [0.05, 0.1) is 6.04 Å². The average molecular weight is 262 g/mol. The Labute approximate surface area is 114 Å². The van der Waals surface area contributed by atoms with Gasteiger partial charge in [-0.3, -0.25) is 0 Å². The summed E-state index contributed by atoms with van der Waals surface area (Å²) in [6.45, 7) is 4.69. The zero-order valence-corrected chi connectivity index (χ0v) is 12.0. The molecule has 3 unspecified atom stereocenters. The molecule has 0 aliphatic carbocycles. The van der Waals surface area contributed by atoms with Crippen molar-refractivity contribution in [1.29, 1.82) is 0 Å². The molecule has 0 amide bonds. The van der Waals surface area contributed by atoms with Crippen LogP contribution in [0.15, 0.2) is 29.2 Å². The van der Waals surface area contributed by atoms with Crippen molar-refractivity contribution < 1.29 is 0 Å². The van der Waals surface area contributed by atoms with E-state index >= 15 is 0 Å². The Morgan fingerprint density at radius 1 is 1.17 bits per heavy atom. The van der Waals surface area contributed by atoms with E-state index in [1.165, 1.54) is 29.7 Å². The van der Waals surface area contributed by atoms with Gasteiger partial charge < -0.3 is 0 Å². The van der Waals surface area contributed by atoms with Gasteiger partial charge in [-0.1, -0.05) is 24.6 Å². The van der Waals surface area contributed by atoms with Gasteiger partial charge in [0, 0.05) is 22.7 Å². The standard InChI is InChI=1S/C15H22N2S/c1-11-6-5-7-12(2)17(11)16-14-10-18-15-9-4-3-8-13(14)15/h3-4,8-9,11-12,14,16H,5-7,10H2,1-2H3. The summed E-state index contributed by atoms with van der Waals surface area (Å²) in [5.74, 6) is 1.16. The van der Waals surface area contributed by atoms with Gasteiger partial charge in [0.1, 0.15) is 0 Å². The van der Waals surface area contributed by atoms with Gasteiger partial charge in [0.2, 0.25) is 0 Å². The number of hydrazine groups is 1. The number of nitrogens with zero attached hydrogens (tertiary/aromatic N) is 1. The molecule has 0 radical (unpaired) electrons. The van der Waals surface area contributed by atoms with E-state index in [-0.39, 0.29) is 0 Å². The summed E-state index contributed by atoms with van der Waals surface area (Å²) in [4.78, 5) is 1.45. The van der Waals surface area contributed by atoms with Crippen molar-refractivity contribution in [3.8, 4) is 0 Å². The molecular weight excluding hydrogens is 240 g/mol. The first-order chi connectivity index (χ1) is 8.75. The molecule has 1 aromatic carbocycles. The third-order valence-electron chi connectivity index (χ3n) is 4.20. The van der Waals surface area contributed by atoms with Gasteiger partial charge in [0.15, 0.2) is 0 Å². The van der Waals surface area contributed by atoms with Crippen LogP contribution in [0.25, 0.3) is 0 Å². The molecule has 98 valence electrons. The molecule has 1 fully saturated rings. The molecule has 1 saturated heterocycles. The SMILES string of the molecule is CC1CCCC(C)N1NC1CSc2ccccc21. The van der Waals surface area contributed by atoms with E-state index in [9.17, 15) is 0 Å². The van der Waals surface area contributed by atoms with Crippen molar-refractivity contribution in [2.45, 2.75) is 56.1 Å². The van der Waals surface area contributed by atoms with Crippen LogP contribution in [-0.2, 0) is 0 Å². The number of piperidine rings is 1. The van der Waals surface area contributed by atoms with Gasteiger partial charge >= 0.3 is 0 Å². The van der Waals surface area contributed by atoms with Crippen molar-refractivity contribution in [2.75, 3.05) is 5.75 Å². The van der Waals surface area contributed by atoms with E-state index in [1.54, 1.807) is 0 Å². The molecule has 2 aliphatic rings. The zero-order chi connectivity index (χ0) is 12.5. The van der Waals surface area contributed by atoms with Crippen LogP contribution in [-0.4, -0.2) is 22.8 Å². The second-order valence-electron chi connectivity index (χ2n) is 5.57. The van der Waals surface area contributed by atoms with Crippen LogP contribution in [0.4, 0.5) is 0 Å². The third-order valence-corrected chi connectivity index (χ3v) is 5.38. The number of rotatable bonds is 2. The molecule has 2 heterocycles. The quantitative estimate of drug-likeness (QED) is 0.876. The minimum absolute atomic E-state index is 0.495. The summed E-state index contributed by atoms with van der Waals surface area (Å²) in [7, 11) is 0. The maximum atomic E-state index is 3.79.